The Morgan fingerprint density at radius 2 is 2.14 bits per heavy atom. The molecule has 1 amide bonds. The number of nitriles is 1. The van der Waals surface area contributed by atoms with Crippen LogP contribution in [0.5, 0.6) is 5.75 Å². The molecule has 7 heteroatoms. The van der Waals surface area contributed by atoms with E-state index in [0.29, 0.717) is 22.4 Å². The summed E-state index contributed by atoms with van der Waals surface area (Å²) >= 11 is 1.42. The van der Waals surface area contributed by atoms with Crippen molar-refractivity contribution in [3.8, 4) is 11.8 Å². The number of rotatable bonds is 4. The summed E-state index contributed by atoms with van der Waals surface area (Å²) in [4.78, 5) is 17.2. The number of furan rings is 1. The van der Waals surface area contributed by atoms with Crippen LogP contribution in [0.4, 0.5) is 0 Å². The van der Waals surface area contributed by atoms with Gasteiger partial charge in [0.1, 0.15) is 16.2 Å². The third-order valence-electron chi connectivity index (χ3n) is 4.10. The third kappa shape index (κ3) is 4.24. The van der Waals surface area contributed by atoms with Gasteiger partial charge in [-0.25, -0.2) is 0 Å². The molecular formula is C21H21N3O3S. The zero-order chi connectivity index (χ0) is 20.3. The number of nitrogens with zero attached hydrogens (tertiary/aromatic N) is 3. The van der Waals surface area contributed by atoms with Crippen LogP contribution < -0.4 is 9.41 Å². The van der Waals surface area contributed by atoms with Gasteiger partial charge in [-0.2, -0.15) is 10.3 Å². The minimum atomic E-state index is -0.447. The zero-order valence-corrected chi connectivity index (χ0v) is 17.0. The number of aromatic nitrogens is 1. The highest BCUT2D eigenvalue weighted by atomic mass is 32.1. The molecule has 0 saturated heterocycles. The van der Waals surface area contributed by atoms with E-state index >= 15 is 0 Å². The summed E-state index contributed by atoms with van der Waals surface area (Å²) in [6.07, 6.45) is 4.16. The van der Waals surface area contributed by atoms with Crippen molar-refractivity contribution in [3.05, 3.63) is 69.9 Å². The Morgan fingerprint density at radius 3 is 2.75 bits per heavy atom. The maximum Gasteiger partial charge on any atom is 0.282 e. The van der Waals surface area contributed by atoms with Crippen LogP contribution in [0.1, 0.15) is 48.0 Å². The Balaban J connectivity index is 2.09. The van der Waals surface area contributed by atoms with Crippen LogP contribution in [0.2, 0.25) is 0 Å². The first-order valence-corrected chi connectivity index (χ1v) is 9.51. The lowest BCUT2D eigenvalue weighted by Gasteiger charge is -2.19. The second kappa shape index (κ2) is 7.87. The fraction of sp³-hybridized carbons (Fsp3) is 0.286. The maximum absolute atomic E-state index is 12.9. The van der Waals surface area contributed by atoms with E-state index in [1.165, 1.54) is 24.7 Å². The Morgan fingerprint density at radius 1 is 1.36 bits per heavy atom. The molecule has 0 atom stereocenters. The van der Waals surface area contributed by atoms with Crippen molar-refractivity contribution >= 4 is 17.4 Å². The second-order valence-electron chi connectivity index (χ2n) is 7.25. The first kappa shape index (κ1) is 19.6. The van der Waals surface area contributed by atoms with Crippen LogP contribution in [0.25, 0.3) is 0 Å². The molecular weight excluding hydrogens is 374 g/mol. The lowest BCUT2D eigenvalue weighted by Crippen LogP contribution is -2.18. The average Bonchev–Trinajstić information content (AvgIpc) is 3.31. The van der Waals surface area contributed by atoms with E-state index in [4.69, 9.17) is 14.4 Å². The summed E-state index contributed by atoms with van der Waals surface area (Å²) in [6.45, 7) is 6.27. The molecule has 0 spiro atoms. The molecule has 0 fully saturated rings. The predicted molar refractivity (Wildman–Crippen MR) is 106 cm³/mol. The van der Waals surface area contributed by atoms with Gasteiger partial charge >= 0.3 is 0 Å². The normalized spacial score (nSPS) is 12.0. The highest BCUT2D eigenvalue weighted by Crippen LogP contribution is 2.22. The van der Waals surface area contributed by atoms with Gasteiger partial charge in [0.25, 0.3) is 5.91 Å². The average molecular weight is 395 g/mol. The Labute approximate surface area is 167 Å². The number of hydrogen-bond donors (Lipinski definition) is 0. The summed E-state index contributed by atoms with van der Waals surface area (Å²) in [7, 11) is 1.49. The zero-order valence-electron chi connectivity index (χ0n) is 16.2. The Bertz CT molecular complexity index is 1090. The van der Waals surface area contributed by atoms with Gasteiger partial charge in [-0.05, 0) is 62.6 Å². The van der Waals surface area contributed by atoms with Gasteiger partial charge < -0.3 is 9.15 Å². The van der Waals surface area contributed by atoms with Crippen LogP contribution >= 0.6 is 11.5 Å². The van der Waals surface area contributed by atoms with Crippen molar-refractivity contribution in [1.29, 1.82) is 5.26 Å². The van der Waals surface area contributed by atoms with Crippen molar-refractivity contribution < 1.29 is 13.9 Å². The van der Waals surface area contributed by atoms with Crippen LogP contribution in [-0.4, -0.2) is 17.0 Å². The monoisotopic (exact) mass is 395 g/mol. The SMILES string of the molecule is COc1ccc(C#N)cc1C(=O)N=c1sn(C(C)(C)C)cc1Cc1ccco1. The Hall–Kier alpha value is -3.11. The molecule has 0 aliphatic carbocycles. The highest BCUT2D eigenvalue weighted by Gasteiger charge is 2.18. The minimum Gasteiger partial charge on any atom is -0.496 e. The molecule has 0 bridgehead atoms. The van der Waals surface area contributed by atoms with Gasteiger partial charge in [-0.3, -0.25) is 8.75 Å². The van der Waals surface area contributed by atoms with E-state index in [1.807, 2.05) is 24.4 Å². The quantitative estimate of drug-likeness (QED) is 0.666. The number of carbonyl (C=O) groups excluding carboxylic acids is 1. The number of carbonyl (C=O) groups is 1. The van der Waals surface area contributed by atoms with E-state index in [9.17, 15) is 4.79 Å². The third-order valence-corrected chi connectivity index (χ3v) is 5.48. The molecule has 0 radical (unpaired) electrons. The first-order valence-electron chi connectivity index (χ1n) is 8.73. The molecule has 0 N–H and O–H groups in total. The van der Waals surface area contributed by atoms with Crippen LogP contribution in [0.15, 0.2) is 52.2 Å². The molecule has 0 saturated carbocycles. The molecule has 0 aliphatic rings. The summed E-state index contributed by atoms with van der Waals surface area (Å²) in [5.41, 5.74) is 1.41. The summed E-state index contributed by atoms with van der Waals surface area (Å²) in [5.74, 6) is 0.741. The molecule has 1 aromatic carbocycles. The molecule has 144 valence electrons. The maximum atomic E-state index is 12.9. The Kier molecular flexibility index (Phi) is 5.52. The molecule has 6 nitrogen and oxygen atoms in total. The van der Waals surface area contributed by atoms with Crippen LogP contribution in [-0.2, 0) is 12.0 Å². The summed E-state index contributed by atoms with van der Waals surface area (Å²) in [5, 5.41) is 9.13. The number of amides is 1. The molecule has 2 heterocycles. The van der Waals surface area contributed by atoms with Gasteiger partial charge in [-0.15, -0.1) is 0 Å². The molecule has 0 unspecified atom stereocenters. The van der Waals surface area contributed by atoms with Crippen molar-refractivity contribution in [2.24, 2.45) is 4.99 Å². The van der Waals surface area contributed by atoms with E-state index in [1.54, 1.807) is 18.4 Å². The van der Waals surface area contributed by atoms with Crippen molar-refractivity contribution in [1.82, 2.24) is 3.96 Å². The van der Waals surface area contributed by atoms with Crippen molar-refractivity contribution in [2.45, 2.75) is 32.7 Å². The van der Waals surface area contributed by atoms with Crippen LogP contribution in [0.3, 0.4) is 0 Å². The van der Waals surface area contributed by atoms with Gasteiger partial charge in [0.15, 0.2) is 0 Å². The summed E-state index contributed by atoms with van der Waals surface area (Å²) in [6, 6.07) is 10.5. The lowest BCUT2D eigenvalue weighted by molar-refractivity contribution is 0.0996. The fourth-order valence-corrected chi connectivity index (χ4v) is 3.62. The topological polar surface area (TPSA) is 80.5 Å². The predicted octanol–water partition coefficient (Wildman–Crippen LogP) is 4.11. The molecule has 2 aromatic heterocycles. The van der Waals surface area contributed by atoms with E-state index in [0.717, 1.165) is 11.3 Å². The first-order chi connectivity index (χ1) is 13.3. The van der Waals surface area contributed by atoms with E-state index in [-0.39, 0.29) is 11.1 Å². The van der Waals surface area contributed by atoms with Crippen molar-refractivity contribution in [2.75, 3.05) is 7.11 Å². The van der Waals surface area contributed by atoms with Crippen LogP contribution in [0, 0.1) is 11.3 Å². The standard InChI is InChI=1S/C21H21N3O3S/c1-21(2,3)24-13-15(11-16-6-5-9-27-16)20(28-24)23-19(25)17-10-14(12-22)7-8-18(17)26-4/h5-10,13H,11H2,1-4H3. The van der Waals surface area contributed by atoms with Gasteiger partial charge in [-0.1, -0.05) is 0 Å². The van der Waals surface area contributed by atoms with Crippen molar-refractivity contribution in [3.63, 3.8) is 0 Å². The number of benzene rings is 1. The fourth-order valence-electron chi connectivity index (χ4n) is 2.62. The number of hydrogen-bond acceptors (Lipinski definition) is 5. The van der Waals surface area contributed by atoms with Gasteiger partial charge in [0.2, 0.25) is 0 Å². The van der Waals surface area contributed by atoms with Gasteiger partial charge in [0, 0.05) is 23.7 Å². The molecule has 0 aliphatic heterocycles. The number of methoxy groups -OCH3 is 1. The molecule has 3 rings (SSSR count). The van der Waals surface area contributed by atoms with E-state index in [2.05, 4.69) is 29.7 Å². The largest absolute Gasteiger partial charge is 0.496 e. The highest BCUT2D eigenvalue weighted by molar-refractivity contribution is 7.04. The minimum absolute atomic E-state index is 0.141. The van der Waals surface area contributed by atoms with Gasteiger partial charge in [0.05, 0.1) is 30.6 Å². The molecule has 28 heavy (non-hydrogen) atoms. The molecule has 3 aromatic rings. The smallest absolute Gasteiger partial charge is 0.282 e. The van der Waals surface area contributed by atoms with E-state index < -0.39 is 5.91 Å². The lowest BCUT2D eigenvalue weighted by atomic mass is 10.1. The second-order valence-corrected chi connectivity index (χ2v) is 8.21. The summed E-state index contributed by atoms with van der Waals surface area (Å²) < 4.78 is 13.4. The number of ether oxygens (including phenoxy) is 1.